The van der Waals surface area contributed by atoms with Gasteiger partial charge in [-0.15, -0.1) is 21.5 Å². The van der Waals surface area contributed by atoms with Gasteiger partial charge in [0.05, 0.1) is 6.54 Å². The van der Waals surface area contributed by atoms with Crippen LogP contribution in [0.25, 0.3) is 5.65 Å². The molecule has 0 radical (unpaired) electrons. The number of fused-ring (bicyclic) bond motifs is 1. The van der Waals surface area contributed by atoms with Crippen molar-refractivity contribution in [1.82, 2.24) is 19.9 Å². The summed E-state index contributed by atoms with van der Waals surface area (Å²) in [5.41, 5.74) is 0.888. The standard InChI is InChI=1S/C14H16N4S/c1-10-6-7-12(19-10)11(2)15-9-14-17-16-13-5-3-4-8-18(13)14/h3-8,11,15H,9H2,1-2H3. The number of nitrogens with one attached hydrogen (secondary N) is 1. The van der Waals surface area contributed by atoms with Crippen molar-refractivity contribution in [3.8, 4) is 0 Å². The highest BCUT2D eigenvalue weighted by molar-refractivity contribution is 7.12. The van der Waals surface area contributed by atoms with Gasteiger partial charge in [0.1, 0.15) is 0 Å². The van der Waals surface area contributed by atoms with Crippen molar-refractivity contribution < 1.29 is 0 Å². The molecule has 0 saturated heterocycles. The average molecular weight is 272 g/mol. The zero-order valence-corrected chi connectivity index (χ0v) is 11.8. The Labute approximate surface area is 116 Å². The Kier molecular flexibility index (Phi) is 3.31. The van der Waals surface area contributed by atoms with Gasteiger partial charge >= 0.3 is 0 Å². The van der Waals surface area contributed by atoms with Crippen LogP contribution in [0.3, 0.4) is 0 Å². The van der Waals surface area contributed by atoms with E-state index < -0.39 is 0 Å². The summed E-state index contributed by atoms with van der Waals surface area (Å²) in [6.45, 7) is 5.02. The monoisotopic (exact) mass is 272 g/mol. The van der Waals surface area contributed by atoms with Crippen molar-refractivity contribution in [3.63, 3.8) is 0 Å². The molecule has 1 N–H and O–H groups in total. The van der Waals surface area contributed by atoms with E-state index in [4.69, 9.17) is 0 Å². The quantitative estimate of drug-likeness (QED) is 0.794. The van der Waals surface area contributed by atoms with Crippen LogP contribution in [0.5, 0.6) is 0 Å². The van der Waals surface area contributed by atoms with Crippen LogP contribution in [0.1, 0.15) is 28.5 Å². The summed E-state index contributed by atoms with van der Waals surface area (Å²) >= 11 is 1.83. The van der Waals surface area contributed by atoms with Crippen LogP contribution in [0.15, 0.2) is 36.5 Å². The van der Waals surface area contributed by atoms with E-state index in [1.807, 2.05) is 40.1 Å². The Balaban J connectivity index is 1.72. The first-order valence-electron chi connectivity index (χ1n) is 6.32. The maximum absolute atomic E-state index is 4.22. The van der Waals surface area contributed by atoms with E-state index in [1.54, 1.807) is 0 Å². The highest BCUT2D eigenvalue weighted by Gasteiger charge is 2.09. The van der Waals surface area contributed by atoms with Crippen LogP contribution in [0.4, 0.5) is 0 Å². The second kappa shape index (κ2) is 5.11. The molecule has 1 unspecified atom stereocenters. The first-order valence-corrected chi connectivity index (χ1v) is 7.14. The molecule has 0 amide bonds. The highest BCUT2D eigenvalue weighted by Crippen LogP contribution is 2.22. The van der Waals surface area contributed by atoms with Gasteiger partial charge in [0.15, 0.2) is 11.5 Å². The average Bonchev–Trinajstić information content (AvgIpc) is 3.02. The van der Waals surface area contributed by atoms with Gasteiger partial charge in [0, 0.05) is 22.0 Å². The van der Waals surface area contributed by atoms with Gasteiger partial charge in [0.25, 0.3) is 0 Å². The first-order chi connectivity index (χ1) is 9.24. The lowest BCUT2D eigenvalue weighted by molar-refractivity contribution is 0.563. The molecule has 0 bridgehead atoms. The highest BCUT2D eigenvalue weighted by atomic mass is 32.1. The molecule has 0 aliphatic carbocycles. The maximum atomic E-state index is 4.22. The van der Waals surface area contributed by atoms with Gasteiger partial charge < -0.3 is 5.32 Å². The predicted octanol–water partition coefficient (Wildman–Crippen LogP) is 2.95. The minimum Gasteiger partial charge on any atom is -0.302 e. The van der Waals surface area contributed by atoms with Crippen LogP contribution < -0.4 is 5.32 Å². The molecule has 0 saturated carbocycles. The zero-order valence-electron chi connectivity index (χ0n) is 11.0. The topological polar surface area (TPSA) is 42.2 Å². The van der Waals surface area contributed by atoms with E-state index in [2.05, 4.69) is 41.5 Å². The van der Waals surface area contributed by atoms with E-state index in [-0.39, 0.29) is 0 Å². The number of thiophene rings is 1. The summed E-state index contributed by atoms with van der Waals surface area (Å²) in [5.74, 6) is 0.940. The molecule has 0 spiro atoms. The first kappa shape index (κ1) is 12.3. The maximum Gasteiger partial charge on any atom is 0.160 e. The molecule has 0 fully saturated rings. The molecule has 3 heterocycles. The fourth-order valence-corrected chi connectivity index (χ4v) is 2.95. The van der Waals surface area contributed by atoms with E-state index in [0.29, 0.717) is 12.6 Å². The van der Waals surface area contributed by atoms with Gasteiger partial charge in [-0.1, -0.05) is 6.07 Å². The number of aromatic nitrogens is 3. The minimum absolute atomic E-state index is 0.328. The Morgan fingerprint density at radius 3 is 2.95 bits per heavy atom. The van der Waals surface area contributed by atoms with E-state index in [0.717, 1.165) is 11.5 Å². The SMILES string of the molecule is Cc1ccc(C(C)NCc2nnc3ccccn23)s1. The van der Waals surface area contributed by atoms with Crippen LogP contribution in [0, 0.1) is 6.92 Å². The molecule has 3 aromatic heterocycles. The molecule has 0 aliphatic heterocycles. The predicted molar refractivity (Wildman–Crippen MR) is 77.3 cm³/mol. The smallest absolute Gasteiger partial charge is 0.160 e. The van der Waals surface area contributed by atoms with E-state index in [1.165, 1.54) is 9.75 Å². The van der Waals surface area contributed by atoms with E-state index >= 15 is 0 Å². The van der Waals surface area contributed by atoms with Gasteiger partial charge in [-0.3, -0.25) is 4.40 Å². The van der Waals surface area contributed by atoms with Gasteiger partial charge in [-0.05, 0) is 38.1 Å². The molecule has 1 atom stereocenters. The lowest BCUT2D eigenvalue weighted by Crippen LogP contribution is -2.18. The van der Waals surface area contributed by atoms with E-state index in [9.17, 15) is 0 Å². The molecule has 4 nitrogen and oxygen atoms in total. The lowest BCUT2D eigenvalue weighted by atomic mass is 10.2. The number of rotatable bonds is 4. The molecule has 5 heteroatoms. The largest absolute Gasteiger partial charge is 0.302 e. The third-order valence-corrected chi connectivity index (χ3v) is 4.32. The second-order valence-electron chi connectivity index (χ2n) is 4.60. The normalized spacial score (nSPS) is 12.9. The van der Waals surface area contributed by atoms with Crippen molar-refractivity contribution in [2.45, 2.75) is 26.4 Å². The van der Waals surface area contributed by atoms with Crippen LogP contribution in [-0.4, -0.2) is 14.6 Å². The van der Waals surface area contributed by atoms with Crippen molar-refractivity contribution in [1.29, 1.82) is 0 Å². The fourth-order valence-electron chi connectivity index (χ4n) is 2.04. The molecular weight excluding hydrogens is 256 g/mol. The summed E-state index contributed by atoms with van der Waals surface area (Å²) in [4.78, 5) is 2.70. The van der Waals surface area contributed by atoms with Crippen LogP contribution >= 0.6 is 11.3 Å². The summed E-state index contributed by atoms with van der Waals surface area (Å²) in [6, 6.07) is 10.6. The number of hydrogen-bond donors (Lipinski definition) is 1. The Hall–Kier alpha value is -1.72. The molecule has 0 aromatic carbocycles. The third kappa shape index (κ3) is 2.52. The molecule has 19 heavy (non-hydrogen) atoms. The Bertz CT molecular complexity index is 685. The van der Waals surface area contributed by atoms with Gasteiger partial charge in [-0.2, -0.15) is 0 Å². The number of nitrogens with zero attached hydrogens (tertiary/aromatic N) is 3. The summed E-state index contributed by atoms with van der Waals surface area (Å²) in [5, 5.41) is 11.9. The number of aryl methyl sites for hydroxylation is 1. The molecular formula is C14H16N4S. The molecule has 3 aromatic rings. The van der Waals surface area contributed by atoms with Crippen LogP contribution in [-0.2, 0) is 6.54 Å². The summed E-state index contributed by atoms with van der Waals surface area (Å²) in [7, 11) is 0. The number of hydrogen-bond acceptors (Lipinski definition) is 4. The van der Waals surface area contributed by atoms with Crippen molar-refractivity contribution in [2.75, 3.05) is 0 Å². The van der Waals surface area contributed by atoms with Crippen molar-refractivity contribution in [3.05, 3.63) is 52.1 Å². The molecule has 3 rings (SSSR count). The third-order valence-electron chi connectivity index (χ3n) is 3.14. The lowest BCUT2D eigenvalue weighted by Gasteiger charge is -2.10. The molecule has 98 valence electrons. The summed E-state index contributed by atoms with van der Waals surface area (Å²) < 4.78 is 2.01. The Morgan fingerprint density at radius 2 is 2.16 bits per heavy atom. The summed E-state index contributed by atoms with van der Waals surface area (Å²) in [6.07, 6.45) is 1.99. The fraction of sp³-hybridized carbons (Fsp3) is 0.286. The molecule has 0 aliphatic rings. The van der Waals surface area contributed by atoms with Crippen molar-refractivity contribution in [2.24, 2.45) is 0 Å². The van der Waals surface area contributed by atoms with Gasteiger partial charge in [-0.25, -0.2) is 0 Å². The van der Waals surface area contributed by atoms with Crippen LogP contribution in [0.2, 0.25) is 0 Å². The minimum atomic E-state index is 0.328. The Morgan fingerprint density at radius 1 is 1.26 bits per heavy atom. The number of pyridine rings is 1. The van der Waals surface area contributed by atoms with Gasteiger partial charge in [0.2, 0.25) is 0 Å². The zero-order chi connectivity index (χ0) is 13.2. The second-order valence-corrected chi connectivity index (χ2v) is 5.92. The van der Waals surface area contributed by atoms with Crippen molar-refractivity contribution >= 4 is 17.0 Å².